The van der Waals surface area contributed by atoms with Crippen LogP contribution in [-0.2, 0) is 25.7 Å². The third kappa shape index (κ3) is 5.10. The topological polar surface area (TPSA) is 81.2 Å². The molecule has 0 spiro atoms. The lowest BCUT2D eigenvalue weighted by molar-refractivity contribution is -0.155. The Kier molecular flexibility index (Phi) is 7.86. The normalized spacial score (nSPS) is 25.4. The van der Waals surface area contributed by atoms with Crippen molar-refractivity contribution in [3.05, 3.63) is 45.9 Å². The first-order valence-corrected chi connectivity index (χ1v) is 14.0. The highest BCUT2D eigenvalue weighted by Crippen LogP contribution is 2.37. The molecule has 1 aromatic carbocycles. The van der Waals surface area contributed by atoms with E-state index in [1.807, 2.05) is 6.92 Å². The lowest BCUT2D eigenvalue weighted by atomic mass is 9.80. The van der Waals surface area contributed by atoms with Crippen LogP contribution in [0.25, 0.3) is 0 Å². The van der Waals surface area contributed by atoms with E-state index in [1.54, 1.807) is 4.90 Å². The number of fused-ring (bicyclic) bond motifs is 2. The van der Waals surface area contributed by atoms with E-state index in [2.05, 4.69) is 4.90 Å². The summed E-state index contributed by atoms with van der Waals surface area (Å²) >= 11 is 5.91. The second-order valence-electron chi connectivity index (χ2n) is 10.8. The molecule has 4 aliphatic heterocycles. The molecule has 1 aromatic rings. The first-order chi connectivity index (χ1) is 18.3. The number of Topliss-reactive ketones (excluding diaryl/α,β-unsaturated/α-hetero) is 1. The van der Waals surface area contributed by atoms with Crippen molar-refractivity contribution in [2.75, 3.05) is 39.3 Å². The van der Waals surface area contributed by atoms with Gasteiger partial charge in [-0.05, 0) is 75.4 Å². The molecule has 8 nitrogen and oxygen atoms in total. The molecule has 3 amide bonds. The Labute approximate surface area is 227 Å². The molecule has 4 heterocycles. The maximum atomic E-state index is 14.0. The number of halogens is 2. The van der Waals surface area contributed by atoms with Crippen LogP contribution < -0.4 is 0 Å². The Morgan fingerprint density at radius 3 is 2.42 bits per heavy atom. The highest BCUT2D eigenvalue weighted by molar-refractivity contribution is 6.43. The zero-order valence-electron chi connectivity index (χ0n) is 21.8. The minimum Gasteiger partial charge on any atom is -0.337 e. The van der Waals surface area contributed by atoms with Gasteiger partial charge in [0.05, 0.1) is 5.02 Å². The third-order valence-corrected chi connectivity index (χ3v) is 8.56. The summed E-state index contributed by atoms with van der Waals surface area (Å²) in [6.07, 6.45) is 5.28. The van der Waals surface area contributed by atoms with Crippen LogP contribution in [-0.4, -0.2) is 88.4 Å². The van der Waals surface area contributed by atoms with Crippen molar-refractivity contribution < 1.29 is 23.6 Å². The quantitative estimate of drug-likeness (QED) is 0.420. The number of piperidine rings is 2. The molecule has 0 aliphatic carbocycles. The largest absolute Gasteiger partial charge is 0.337 e. The Hall–Kier alpha value is -2.78. The summed E-state index contributed by atoms with van der Waals surface area (Å²) in [7, 11) is 0. The van der Waals surface area contributed by atoms with Gasteiger partial charge in [-0.15, -0.1) is 0 Å². The summed E-state index contributed by atoms with van der Waals surface area (Å²) in [5.41, 5.74) is 1.30. The fraction of sp³-hybridized carbons (Fsp3) is 0.571. The van der Waals surface area contributed by atoms with Crippen LogP contribution in [0.1, 0.15) is 51.0 Å². The van der Waals surface area contributed by atoms with Gasteiger partial charge >= 0.3 is 0 Å². The molecule has 0 N–H and O–H groups in total. The first-order valence-electron chi connectivity index (χ1n) is 13.6. The first kappa shape index (κ1) is 26.8. The summed E-state index contributed by atoms with van der Waals surface area (Å²) in [6.45, 7) is 6.24. The maximum Gasteiger partial charge on any atom is 0.295 e. The molecule has 3 fully saturated rings. The number of likely N-dealkylation sites (tertiary alicyclic amines) is 2. The summed E-state index contributed by atoms with van der Waals surface area (Å²) in [5, 5.41) is -0.0481. The molecule has 0 aromatic heterocycles. The molecule has 2 atom stereocenters. The van der Waals surface area contributed by atoms with Crippen molar-refractivity contribution >= 4 is 35.1 Å². The number of carbonyl (C=O) groups is 4. The number of hydrogen-bond acceptors (Lipinski definition) is 5. The van der Waals surface area contributed by atoms with Crippen LogP contribution in [0.15, 0.2) is 29.5 Å². The van der Waals surface area contributed by atoms with E-state index < -0.39 is 29.3 Å². The number of amides is 3. The van der Waals surface area contributed by atoms with Gasteiger partial charge in [-0.3, -0.25) is 24.1 Å². The van der Waals surface area contributed by atoms with Gasteiger partial charge < -0.3 is 14.7 Å². The molecule has 3 saturated heterocycles. The van der Waals surface area contributed by atoms with Crippen molar-refractivity contribution in [3.8, 4) is 0 Å². The van der Waals surface area contributed by atoms with Gasteiger partial charge in [0.1, 0.15) is 17.4 Å². The predicted molar refractivity (Wildman–Crippen MR) is 139 cm³/mol. The van der Waals surface area contributed by atoms with Gasteiger partial charge in [0, 0.05) is 38.8 Å². The lowest BCUT2D eigenvalue weighted by Crippen LogP contribution is -2.59. The minimum absolute atomic E-state index is 0.0481. The van der Waals surface area contributed by atoms with E-state index in [0.29, 0.717) is 37.1 Å². The molecular formula is C28H34ClFN4O4. The van der Waals surface area contributed by atoms with Crippen LogP contribution in [0, 0.1) is 11.7 Å². The lowest BCUT2D eigenvalue weighted by Gasteiger charge is -2.44. The highest BCUT2D eigenvalue weighted by Gasteiger charge is 2.51. The second kappa shape index (κ2) is 11.1. The molecular weight excluding hydrogens is 511 g/mol. The Bertz CT molecular complexity index is 1180. The molecule has 0 radical (unpaired) electrons. The van der Waals surface area contributed by atoms with Crippen molar-refractivity contribution in [1.29, 1.82) is 0 Å². The number of nitrogens with zero attached hydrogens (tertiary/aromatic N) is 4. The van der Waals surface area contributed by atoms with Gasteiger partial charge in [-0.25, -0.2) is 4.39 Å². The third-order valence-electron chi connectivity index (χ3n) is 8.27. The number of hydrogen-bond donors (Lipinski definition) is 0. The number of rotatable bonds is 5. The fourth-order valence-corrected chi connectivity index (χ4v) is 6.36. The van der Waals surface area contributed by atoms with E-state index in [0.717, 1.165) is 38.9 Å². The highest BCUT2D eigenvalue weighted by atomic mass is 35.5. The number of ketones is 1. The molecule has 4 aliphatic rings. The van der Waals surface area contributed by atoms with E-state index in [4.69, 9.17) is 11.6 Å². The van der Waals surface area contributed by atoms with E-state index in [9.17, 15) is 23.6 Å². The van der Waals surface area contributed by atoms with Crippen LogP contribution in [0.3, 0.4) is 0 Å². The average molecular weight is 545 g/mol. The van der Waals surface area contributed by atoms with E-state index in [-0.39, 0.29) is 35.8 Å². The van der Waals surface area contributed by atoms with Gasteiger partial charge in [-0.2, -0.15) is 0 Å². The van der Waals surface area contributed by atoms with Crippen LogP contribution >= 0.6 is 11.6 Å². The summed E-state index contributed by atoms with van der Waals surface area (Å²) in [5.74, 6) is -4.18. The molecule has 0 saturated carbocycles. The Morgan fingerprint density at radius 2 is 1.68 bits per heavy atom. The standard InChI is InChI=1S/C28H34ClFN4O4/c1-18-6-5-12-32(15-14-31-10-3-2-4-11-31)27(37)24-20-9-13-33(17-19-7-8-22(30)21(29)16-19)26(36)23(20)25(35)28(38)34(18)24/h7-8,16,18,23H,2-6,9-15,17H2,1H3. The zero-order chi connectivity index (χ0) is 27.0. The molecule has 2 unspecified atom stereocenters. The summed E-state index contributed by atoms with van der Waals surface area (Å²) in [4.78, 5) is 61.3. The molecule has 204 valence electrons. The smallest absolute Gasteiger partial charge is 0.295 e. The Morgan fingerprint density at radius 1 is 0.921 bits per heavy atom. The van der Waals surface area contributed by atoms with Crippen molar-refractivity contribution in [2.45, 2.75) is 58.0 Å². The molecule has 0 bridgehead atoms. The molecule has 10 heteroatoms. The zero-order valence-corrected chi connectivity index (χ0v) is 22.5. The van der Waals surface area contributed by atoms with E-state index >= 15 is 0 Å². The monoisotopic (exact) mass is 544 g/mol. The number of carbonyl (C=O) groups excluding carboxylic acids is 4. The summed E-state index contributed by atoms with van der Waals surface area (Å²) in [6, 6.07) is 3.92. The van der Waals surface area contributed by atoms with Crippen molar-refractivity contribution in [3.63, 3.8) is 0 Å². The van der Waals surface area contributed by atoms with E-state index in [1.165, 1.54) is 34.4 Å². The molecule has 5 rings (SSSR count). The van der Waals surface area contributed by atoms with Crippen LogP contribution in [0.4, 0.5) is 4.39 Å². The minimum atomic E-state index is -1.29. The summed E-state index contributed by atoms with van der Waals surface area (Å²) < 4.78 is 13.6. The van der Waals surface area contributed by atoms with Crippen LogP contribution in [0.5, 0.6) is 0 Å². The van der Waals surface area contributed by atoms with Crippen molar-refractivity contribution in [1.82, 2.24) is 19.6 Å². The van der Waals surface area contributed by atoms with Gasteiger partial charge in [0.25, 0.3) is 11.8 Å². The maximum absolute atomic E-state index is 14.0. The van der Waals surface area contributed by atoms with Crippen molar-refractivity contribution in [2.24, 2.45) is 5.92 Å². The van der Waals surface area contributed by atoms with Gasteiger partial charge in [0.2, 0.25) is 11.7 Å². The van der Waals surface area contributed by atoms with Crippen LogP contribution in [0.2, 0.25) is 5.02 Å². The average Bonchev–Trinajstić information content (AvgIpc) is 2.90. The van der Waals surface area contributed by atoms with Gasteiger partial charge in [-0.1, -0.05) is 24.1 Å². The predicted octanol–water partition coefficient (Wildman–Crippen LogP) is 2.99. The fourth-order valence-electron chi connectivity index (χ4n) is 6.16. The molecule has 38 heavy (non-hydrogen) atoms. The number of benzene rings is 1. The Balaban J connectivity index is 1.43. The second-order valence-corrected chi connectivity index (χ2v) is 11.2. The SMILES string of the molecule is CC1CCCN(CCN2CCCCC2)C(=O)C2=C3CCN(Cc4ccc(F)c(Cl)c4)C(=O)C3C(=O)C(=O)N21. The van der Waals surface area contributed by atoms with Gasteiger partial charge in [0.15, 0.2) is 0 Å².